The summed E-state index contributed by atoms with van der Waals surface area (Å²) in [5.41, 5.74) is 0.963. The maximum Gasteiger partial charge on any atom is 0.230 e. The number of amides is 1. The van der Waals surface area contributed by atoms with Crippen molar-refractivity contribution in [1.82, 2.24) is 10.2 Å². The van der Waals surface area contributed by atoms with Gasteiger partial charge in [-0.1, -0.05) is 12.1 Å². The van der Waals surface area contributed by atoms with E-state index in [1.54, 1.807) is 24.3 Å². The number of halogens is 2. The summed E-state index contributed by atoms with van der Waals surface area (Å²) in [6, 6.07) is 12.4. The third kappa shape index (κ3) is 6.02. The Balaban J connectivity index is 1.57. The van der Waals surface area contributed by atoms with Gasteiger partial charge in [0.2, 0.25) is 5.91 Å². The molecular weight excluding hydrogens is 370 g/mol. The highest BCUT2D eigenvalue weighted by Crippen LogP contribution is 2.22. The van der Waals surface area contributed by atoms with E-state index >= 15 is 0 Å². The zero-order valence-electron chi connectivity index (χ0n) is 14.9. The second-order valence-corrected chi connectivity index (χ2v) is 7.31. The van der Waals surface area contributed by atoms with Crippen LogP contribution >= 0.6 is 11.8 Å². The summed E-state index contributed by atoms with van der Waals surface area (Å²) in [4.78, 5) is 15.3. The number of rotatable bonds is 7. The van der Waals surface area contributed by atoms with Crippen LogP contribution in [0.15, 0.2) is 53.4 Å². The largest absolute Gasteiger partial charge is 0.379 e. The van der Waals surface area contributed by atoms with Crippen LogP contribution < -0.4 is 5.32 Å². The maximum atomic E-state index is 13.3. The van der Waals surface area contributed by atoms with Gasteiger partial charge in [-0.25, -0.2) is 8.78 Å². The molecule has 0 aliphatic carbocycles. The number of carbonyl (C=O) groups excluding carboxylic acids is 1. The number of carbonyl (C=O) groups is 1. The molecule has 1 amide bonds. The number of thioether (sulfide) groups is 1. The minimum Gasteiger partial charge on any atom is -0.379 e. The standard InChI is InChI=1S/C20H22F2N2O2S/c21-16-3-1-15(2-4-16)19(24-9-11-26-12-10-24)13-23-20(25)14-27-18-7-5-17(22)6-8-18/h1-8,19H,9-14H2,(H,23,25). The molecule has 0 bridgehead atoms. The first-order chi connectivity index (χ1) is 13.1. The van der Waals surface area contributed by atoms with Gasteiger partial charge < -0.3 is 10.1 Å². The van der Waals surface area contributed by atoms with Crippen LogP contribution in [0.3, 0.4) is 0 Å². The molecule has 2 aromatic carbocycles. The minimum atomic E-state index is -0.295. The second kappa shape index (κ2) is 9.82. The third-order valence-electron chi connectivity index (χ3n) is 4.42. The van der Waals surface area contributed by atoms with Crippen molar-refractivity contribution < 1.29 is 18.3 Å². The highest BCUT2D eigenvalue weighted by Gasteiger charge is 2.23. The van der Waals surface area contributed by atoms with Crippen LogP contribution in [0, 0.1) is 11.6 Å². The fourth-order valence-corrected chi connectivity index (χ4v) is 3.70. The molecule has 1 aliphatic heterocycles. The summed E-state index contributed by atoms with van der Waals surface area (Å²) in [6.45, 7) is 3.26. The number of nitrogens with zero attached hydrogens (tertiary/aromatic N) is 1. The maximum absolute atomic E-state index is 13.3. The summed E-state index contributed by atoms with van der Waals surface area (Å²) < 4.78 is 31.6. The molecule has 1 unspecified atom stereocenters. The smallest absolute Gasteiger partial charge is 0.230 e. The van der Waals surface area contributed by atoms with Crippen molar-refractivity contribution >= 4 is 17.7 Å². The Morgan fingerprint density at radius 3 is 2.26 bits per heavy atom. The van der Waals surface area contributed by atoms with Crippen LogP contribution in [0.25, 0.3) is 0 Å². The molecule has 1 N–H and O–H groups in total. The topological polar surface area (TPSA) is 41.6 Å². The van der Waals surface area contributed by atoms with Crippen LogP contribution in [0.1, 0.15) is 11.6 Å². The third-order valence-corrected chi connectivity index (χ3v) is 5.43. The number of hydrogen-bond acceptors (Lipinski definition) is 4. The van der Waals surface area contributed by atoms with E-state index in [4.69, 9.17) is 4.74 Å². The fraction of sp³-hybridized carbons (Fsp3) is 0.350. The van der Waals surface area contributed by atoms with E-state index in [0.717, 1.165) is 23.5 Å². The Morgan fingerprint density at radius 1 is 1.04 bits per heavy atom. The molecule has 7 heteroatoms. The van der Waals surface area contributed by atoms with Crippen LogP contribution in [0.2, 0.25) is 0 Å². The van der Waals surface area contributed by atoms with Gasteiger partial charge in [-0.2, -0.15) is 0 Å². The van der Waals surface area contributed by atoms with E-state index in [2.05, 4.69) is 10.2 Å². The predicted molar refractivity (Wildman–Crippen MR) is 102 cm³/mol. The lowest BCUT2D eigenvalue weighted by Gasteiger charge is -2.35. The number of nitrogens with one attached hydrogen (secondary N) is 1. The van der Waals surface area contributed by atoms with Gasteiger partial charge in [0.15, 0.2) is 0 Å². The van der Waals surface area contributed by atoms with Gasteiger partial charge in [0.25, 0.3) is 0 Å². The zero-order chi connectivity index (χ0) is 19.1. The summed E-state index contributed by atoms with van der Waals surface area (Å²) in [7, 11) is 0. The van der Waals surface area contributed by atoms with Gasteiger partial charge in [-0.3, -0.25) is 9.69 Å². The normalized spacial score (nSPS) is 16.1. The van der Waals surface area contributed by atoms with E-state index in [9.17, 15) is 13.6 Å². The lowest BCUT2D eigenvalue weighted by atomic mass is 10.0. The van der Waals surface area contributed by atoms with E-state index in [1.165, 1.54) is 36.0 Å². The molecule has 0 radical (unpaired) electrons. The molecule has 0 saturated carbocycles. The van der Waals surface area contributed by atoms with Crippen molar-refractivity contribution in [3.05, 3.63) is 65.7 Å². The molecule has 27 heavy (non-hydrogen) atoms. The molecule has 3 rings (SSSR count). The van der Waals surface area contributed by atoms with Crippen LogP contribution in [-0.2, 0) is 9.53 Å². The number of morpholine rings is 1. The monoisotopic (exact) mass is 392 g/mol. The van der Waals surface area contributed by atoms with Gasteiger partial charge in [0.05, 0.1) is 25.0 Å². The highest BCUT2D eigenvalue weighted by molar-refractivity contribution is 8.00. The van der Waals surface area contributed by atoms with Crippen LogP contribution in [0.4, 0.5) is 8.78 Å². The zero-order valence-corrected chi connectivity index (χ0v) is 15.7. The molecule has 1 fully saturated rings. The molecule has 144 valence electrons. The van der Waals surface area contributed by atoms with Crippen molar-refractivity contribution in [3.63, 3.8) is 0 Å². The van der Waals surface area contributed by atoms with E-state index in [-0.39, 0.29) is 29.3 Å². The van der Waals surface area contributed by atoms with E-state index in [0.29, 0.717) is 19.8 Å². The summed E-state index contributed by atoms with van der Waals surface area (Å²) in [6.07, 6.45) is 0. The number of hydrogen-bond donors (Lipinski definition) is 1. The summed E-state index contributed by atoms with van der Waals surface area (Å²) in [5, 5.41) is 2.96. The lowest BCUT2D eigenvalue weighted by Crippen LogP contribution is -2.44. The molecule has 1 atom stereocenters. The Hall–Kier alpha value is -1.96. The predicted octanol–water partition coefficient (Wildman–Crippen LogP) is 3.25. The van der Waals surface area contributed by atoms with Crippen molar-refractivity contribution in [1.29, 1.82) is 0 Å². The molecule has 1 saturated heterocycles. The molecular formula is C20H22F2N2O2S. The van der Waals surface area contributed by atoms with Crippen molar-refractivity contribution in [3.8, 4) is 0 Å². The lowest BCUT2D eigenvalue weighted by molar-refractivity contribution is -0.118. The van der Waals surface area contributed by atoms with Gasteiger partial charge in [-0.05, 0) is 42.0 Å². The molecule has 0 spiro atoms. The Kier molecular flexibility index (Phi) is 7.20. The first-order valence-electron chi connectivity index (χ1n) is 8.84. The van der Waals surface area contributed by atoms with Gasteiger partial charge in [0.1, 0.15) is 11.6 Å². The molecule has 2 aromatic rings. The number of benzene rings is 2. The second-order valence-electron chi connectivity index (χ2n) is 6.26. The average Bonchev–Trinajstić information content (AvgIpc) is 2.70. The molecule has 4 nitrogen and oxygen atoms in total. The van der Waals surface area contributed by atoms with Gasteiger partial charge in [0, 0.05) is 24.5 Å². The highest BCUT2D eigenvalue weighted by atomic mass is 32.2. The van der Waals surface area contributed by atoms with Crippen molar-refractivity contribution in [2.45, 2.75) is 10.9 Å². The molecule has 0 aromatic heterocycles. The minimum absolute atomic E-state index is 0.0331. The quantitative estimate of drug-likeness (QED) is 0.735. The van der Waals surface area contributed by atoms with Crippen molar-refractivity contribution in [2.24, 2.45) is 0 Å². The van der Waals surface area contributed by atoms with Crippen LogP contribution in [-0.4, -0.2) is 49.4 Å². The average molecular weight is 392 g/mol. The van der Waals surface area contributed by atoms with Crippen LogP contribution in [0.5, 0.6) is 0 Å². The number of ether oxygens (including phenoxy) is 1. The van der Waals surface area contributed by atoms with Gasteiger partial charge in [-0.15, -0.1) is 11.8 Å². The van der Waals surface area contributed by atoms with Gasteiger partial charge >= 0.3 is 0 Å². The van der Waals surface area contributed by atoms with E-state index < -0.39 is 0 Å². The Morgan fingerprint density at radius 2 is 1.63 bits per heavy atom. The van der Waals surface area contributed by atoms with E-state index in [1.807, 2.05) is 0 Å². The first kappa shape index (κ1) is 19.8. The fourth-order valence-electron chi connectivity index (χ4n) is 2.97. The Bertz CT molecular complexity index is 735. The SMILES string of the molecule is O=C(CSc1ccc(F)cc1)NCC(c1ccc(F)cc1)N1CCOCC1. The first-order valence-corrected chi connectivity index (χ1v) is 9.83. The molecule has 1 heterocycles. The Labute approximate surface area is 161 Å². The van der Waals surface area contributed by atoms with Crippen molar-refractivity contribution in [2.75, 3.05) is 38.6 Å². The molecule has 1 aliphatic rings. The summed E-state index contributed by atoms with van der Waals surface area (Å²) >= 11 is 1.36. The summed E-state index contributed by atoms with van der Waals surface area (Å²) in [5.74, 6) is -0.411.